The van der Waals surface area contributed by atoms with E-state index >= 15 is 0 Å². The average Bonchev–Trinajstić information content (AvgIpc) is 2.12. The quantitative estimate of drug-likeness (QED) is 0.726. The van der Waals surface area contributed by atoms with Crippen LogP contribution in [0, 0.1) is 0 Å². The van der Waals surface area contributed by atoms with Gasteiger partial charge in [-0.3, -0.25) is 9.69 Å². The molecule has 1 rings (SSSR count). The van der Waals surface area contributed by atoms with Gasteiger partial charge in [0.1, 0.15) is 5.60 Å². The van der Waals surface area contributed by atoms with Gasteiger partial charge in [0.05, 0.1) is 12.6 Å². The van der Waals surface area contributed by atoms with E-state index in [0.29, 0.717) is 0 Å². The summed E-state index contributed by atoms with van der Waals surface area (Å²) >= 11 is 0. The van der Waals surface area contributed by atoms with Crippen LogP contribution in [0.25, 0.3) is 0 Å². The number of hydrogen-bond acceptors (Lipinski definition) is 4. The van der Waals surface area contributed by atoms with Crippen LogP contribution in [0.4, 0.5) is 9.59 Å². The molecule has 0 bridgehead atoms. The molecule has 7 nitrogen and oxygen atoms in total. The predicted molar refractivity (Wildman–Crippen MR) is 62.4 cm³/mol. The molecule has 2 amide bonds. The molecule has 0 spiro atoms. The second-order valence-electron chi connectivity index (χ2n) is 5.25. The zero-order chi connectivity index (χ0) is 13.9. The van der Waals surface area contributed by atoms with Gasteiger partial charge in [-0.15, -0.1) is 0 Å². The number of alkyl carbamates (subject to hydrolysis) is 1. The monoisotopic (exact) mass is 258 g/mol. The second kappa shape index (κ2) is 5.24. The predicted octanol–water partition coefficient (Wildman–Crippen LogP) is 0.833. The van der Waals surface area contributed by atoms with E-state index in [-0.39, 0.29) is 25.3 Å². The fourth-order valence-electron chi connectivity index (χ4n) is 1.66. The summed E-state index contributed by atoms with van der Waals surface area (Å²) in [6, 6.07) is -0.530. The summed E-state index contributed by atoms with van der Waals surface area (Å²) < 4.78 is 5.04. The Balaban J connectivity index is 2.54. The van der Waals surface area contributed by atoms with Gasteiger partial charge < -0.3 is 15.2 Å². The van der Waals surface area contributed by atoms with Crippen molar-refractivity contribution >= 4 is 18.0 Å². The maximum absolute atomic E-state index is 11.5. The summed E-state index contributed by atoms with van der Waals surface area (Å²) in [7, 11) is 0. The molecule has 1 unspecified atom stereocenters. The minimum Gasteiger partial charge on any atom is -0.465 e. The van der Waals surface area contributed by atoms with Crippen LogP contribution < -0.4 is 5.32 Å². The van der Waals surface area contributed by atoms with Crippen LogP contribution in [0.2, 0.25) is 0 Å². The van der Waals surface area contributed by atoms with E-state index in [0.717, 1.165) is 4.90 Å². The molecule has 1 aliphatic rings. The highest BCUT2D eigenvalue weighted by molar-refractivity contribution is 5.86. The molecule has 18 heavy (non-hydrogen) atoms. The Morgan fingerprint density at radius 3 is 2.56 bits per heavy atom. The third-order valence-corrected chi connectivity index (χ3v) is 2.27. The molecule has 0 aromatic carbocycles. The number of hydrogen-bond donors (Lipinski definition) is 2. The Hall–Kier alpha value is -1.79. The van der Waals surface area contributed by atoms with Crippen molar-refractivity contribution in [1.29, 1.82) is 0 Å². The highest BCUT2D eigenvalue weighted by Gasteiger charge is 2.30. The van der Waals surface area contributed by atoms with Crippen molar-refractivity contribution in [2.24, 2.45) is 0 Å². The highest BCUT2D eigenvalue weighted by Crippen LogP contribution is 2.10. The van der Waals surface area contributed by atoms with Gasteiger partial charge in [-0.25, -0.2) is 9.59 Å². The van der Waals surface area contributed by atoms with Gasteiger partial charge in [0.25, 0.3) is 0 Å². The van der Waals surface area contributed by atoms with Crippen molar-refractivity contribution in [3.05, 3.63) is 0 Å². The normalized spacial score (nSPS) is 20.5. The summed E-state index contributed by atoms with van der Waals surface area (Å²) in [6.07, 6.45) is -1.69. The first kappa shape index (κ1) is 14.3. The minimum absolute atomic E-state index is 0.0975. The van der Waals surface area contributed by atoms with Gasteiger partial charge in [-0.05, 0) is 20.8 Å². The average molecular weight is 258 g/mol. The van der Waals surface area contributed by atoms with Crippen LogP contribution in [-0.4, -0.2) is 52.7 Å². The van der Waals surface area contributed by atoms with Gasteiger partial charge in [0.2, 0.25) is 0 Å². The van der Waals surface area contributed by atoms with Gasteiger partial charge in [0, 0.05) is 13.0 Å². The molecule has 7 heteroatoms. The number of nitrogens with zero attached hydrogens (tertiary/aromatic N) is 1. The Bertz CT molecular complexity index is 361. The van der Waals surface area contributed by atoms with E-state index in [9.17, 15) is 14.4 Å². The molecule has 0 saturated carbocycles. The van der Waals surface area contributed by atoms with Crippen LogP contribution in [0.3, 0.4) is 0 Å². The van der Waals surface area contributed by atoms with Crippen molar-refractivity contribution in [3.63, 3.8) is 0 Å². The molecular weight excluding hydrogens is 240 g/mol. The molecule has 2 N–H and O–H groups in total. The van der Waals surface area contributed by atoms with Crippen molar-refractivity contribution in [2.45, 2.75) is 38.8 Å². The van der Waals surface area contributed by atoms with E-state index in [2.05, 4.69) is 5.32 Å². The minimum atomic E-state index is -1.17. The summed E-state index contributed by atoms with van der Waals surface area (Å²) in [4.78, 5) is 34.6. The van der Waals surface area contributed by atoms with Gasteiger partial charge >= 0.3 is 12.2 Å². The zero-order valence-corrected chi connectivity index (χ0v) is 10.7. The van der Waals surface area contributed by atoms with Crippen LogP contribution in [0.5, 0.6) is 0 Å². The largest absolute Gasteiger partial charge is 0.465 e. The number of nitrogens with one attached hydrogen (secondary N) is 1. The SMILES string of the molecule is CC(C)(C)OC(=O)NC1CC(=O)CN(C(=O)O)C1. The number of ketones is 1. The molecule has 0 radical (unpaired) electrons. The molecule has 1 atom stereocenters. The maximum atomic E-state index is 11.5. The number of piperidine rings is 1. The number of carbonyl (C=O) groups is 3. The molecule has 0 aromatic rings. The van der Waals surface area contributed by atoms with Crippen molar-refractivity contribution in [1.82, 2.24) is 10.2 Å². The summed E-state index contributed by atoms with van der Waals surface area (Å²) in [6.45, 7) is 5.15. The molecular formula is C11H18N2O5. The molecule has 102 valence electrons. The van der Waals surface area contributed by atoms with Crippen LogP contribution in [0.15, 0.2) is 0 Å². The number of amides is 2. The molecule has 1 saturated heterocycles. The zero-order valence-electron chi connectivity index (χ0n) is 10.7. The lowest BCUT2D eigenvalue weighted by molar-refractivity contribution is -0.122. The van der Waals surface area contributed by atoms with E-state index in [1.54, 1.807) is 20.8 Å². The third kappa shape index (κ3) is 4.60. The number of carboxylic acid groups (broad SMARTS) is 1. The third-order valence-electron chi connectivity index (χ3n) is 2.27. The number of likely N-dealkylation sites (tertiary alicyclic amines) is 1. The van der Waals surface area contributed by atoms with Crippen molar-refractivity contribution < 1.29 is 24.2 Å². The lowest BCUT2D eigenvalue weighted by Gasteiger charge is -2.30. The fourth-order valence-corrected chi connectivity index (χ4v) is 1.66. The van der Waals surface area contributed by atoms with Gasteiger partial charge in [0.15, 0.2) is 5.78 Å². The first-order chi connectivity index (χ1) is 8.17. The van der Waals surface area contributed by atoms with E-state index in [4.69, 9.17) is 9.84 Å². The Kier molecular flexibility index (Phi) is 4.15. The highest BCUT2D eigenvalue weighted by atomic mass is 16.6. The number of rotatable bonds is 1. The standard InChI is InChI=1S/C11H18N2O5/c1-11(2,3)18-9(15)12-7-4-8(14)6-13(5-7)10(16)17/h7H,4-6H2,1-3H3,(H,12,15)(H,16,17). The maximum Gasteiger partial charge on any atom is 0.407 e. The summed E-state index contributed by atoms with van der Waals surface area (Å²) in [5.74, 6) is -0.218. The molecule has 1 aliphatic heterocycles. The summed E-state index contributed by atoms with van der Waals surface area (Å²) in [5.41, 5.74) is -0.630. The second-order valence-corrected chi connectivity index (χ2v) is 5.25. The lowest BCUT2D eigenvalue weighted by Crippen LogP contribution is -2.53. The Labute approximate surface area is 105 Å². The molecule has 0 aromatic heterocycles. The van der Waals surface area contributed by atoms with Gasteiger partial charge in [-0.2, -0.15) is 0 Å². The number of Topliss-reactive ketones (excluding diaryl/α,β-unsaturated/α-hetero) is 1. The summed E-state index contributed by atoms with van der Waals surface area (Å²) in [5, 5.41) is 11.3. The first-order valence-electron chi connectivity index (χ1n) is 5.66. The Morgan fingerprint density at radius 1 is 1.44 bits per heavy atom. The lowest BCUT2D eigenvalue weighted by atomic mass is 10.1. The number of carbonyl (C=O) groups excluding carboxylic acids is 2. The topological polar surface area (TPSA) is 95.9 Å². The van der Waals surface area contributed by atoms with Crippen molar-refractivity contribution in [2.75, 3.05) is 13.1 Å². The first-order valence-corrected chi connectivity index (χ1v) is 5.66. The van der Waals surface area contributed by atoms with E-state index < -0.39 is 23.8 Å². The molecule has 1 heterocycles. The van der Waals surface area contributed by atoms with Gasteiger partial charge in [-0.1, -0.05) is 0 Å². The van der Waals surface area contributed by atoms with E-state index in [1.807, 2.05) is 0 Å². The fraction of sp³-hybridized carbons (Fsp3) is 0.727. The number of ether oxygens (including phenoxy) is 1. The van der Waals surface area contributed by atoms with Crippen LogP contribution in [-0.2, 0) is 9.53 Å². The Morgan fingerprint density at radius 2 is 2.06 bits per heavy atom. The molecule has 0 aliphatic carbocycles. The molecule has 1 fully saturated rings. The van der Waals surface area contributed by atoms with Crippen LogP contribution >= 0.6 is 0 Å². The van der Waals surface area contributed by atoms with Crippen molar-refractivity contribution in [3.8, 4) is 0 Å². The van der Waals surface area contributed by atoms with Crippen LogP contribution in [0.1, 0.15) is 27.2 Å². The smallest absolute Gasteiger partial charge is 0.407 e. The van der Waals surface area contributed by atoms with E-state index in [1.165, 1.54) is 0 Å².